The zero-order valence-electron chi connectivity index (χ0n) is 12.9. The lowest BCUT2D eigenvalue weighted by molar-refractivity contribution is 0.263. The molecule has 3 rings (SSSR count). The third-order valence-corrected chi connectivity index (χ3v) is 4.25. The van der Waals surface area contributed by atoms with Gasteiger partial charge in [0.15, 0.2) is 5.82 Å². The molecule has 1 aliphatic heterocycles. The van der Waals surface area contributed by atoms with Crippen molar-refractivity contribution in [1.29, 1.82) is 0 Å². The standard InChI is InChI=1S/C16H22N4O/c1-12(20-10-4-5-11-20)13-6-8-14(9-7-13)15-17-16(21-3)19(2)18-15/h6-9,12H,4-5,10-11H2,1-3H3/t12-/m1/s1. The van der Waals surface area contributed by atoms with Gasteiger partial charge in [0.1, 0.15) is 0 Å². The van der Waals surface area contributed by atoms with Crippen LogP contribution in [-0.2, 0) is 7.05 Å². The lowest BCUT2D eigenvalue weighted by atomic mass is 10.0. The number of methoxy groups -OCH3 is 1. The molecule has 1 aromatic heterocycles. The number of nitrogens with zero attached hydrogens (tertiary/aromatic N) is 4. The summed E-state index contributed by atoms with van der Waals surface area (Å²) >= 11 is 0. The van der Waals surface area contributed by atoms with Crippen molar-refractivity contribution < 1.29 is 4.74 Å². The number of hydrogen-bond donors (Lipinski definition) is 0. The number of aromatic nitrogens is 3. The summed E-state index contributed by atoms with van der Waals surface area (Å²) < 4.78 is 6.81. The summed E-state index contributed by atoms with van der Waals surface area (Å²) in [6.45, 7) is 4.70. The van der Waals surface area contributed by atoms with E-state index in [9.17, 15) is 0 Å². The van der Waals surface area contributed by atoms with Crippen LogP contribution in [0.4, 0.5) is 0 Å². The van der Waals surface area contributed by atoms with Crippen molar-refractivity contribution >= 4 is 0 Å². The molecule has 1 atom stereocenters. The van der Waals surface area contributed by atoms with Gasteiger partial charge in [-0.2, -0.15) is 4.98 Å². The fourth-order valence-electron chi connectivity index (χ4n) is 2.92. The summed E-state index contributed by atoms with van der Waals surface area (Å²) in [6, 6.07) is 9.56. The Morgan fingerprint density at radius 2 is 1.81 bits per heavy atom. The maximum atomic E-state index is 5.16. The van der Waals surface area contributed by atoms with E-state index in [1.165, 1.54) is 31.5 Å². The Morgan fingerprint density at radius 3 is 2.38 bits per heavy atom. The second-order valence-corrected chi connectivity index (χ2v) is 5.59. The van der Waals surface area contributed by atoms with Crippen molar-refractivity contribution in [2.75, 3.05) is 20.2 Å². The number of ether oxygens (including phenoxy) is 1. The van der Waals surface area contributed by atoms with Crippen LogP contribution in [0.1, 0.15) is 31.4 Å². The third-order valence-electron chi connectivity index (χ3n) is 4.25. The maximum Gasteiger partial charge on any atom is 0.314 e. The molecule has 0 unspecified atom stereocenters. The van der Waals surface area contributed by atoms with Crippen molar-refractivity contribution in [1.82, 2.24) is 19.7 Å². The van der Waals surface area contributed by atoms with E-state index in [1.54, 1.807) is 11.8 Å². The van der Waals surface area contributed by atoms with E-state index in [-0.39, 0.29) is 0 Å². The smallest absolute Gasteiger partial charge is 0.314 e. The molecule has 0 bridgehead atoms. The van der Waals surface area contributed by atoms with Crippen molar-refractivity contribution in [3.8, 4) is 17.4 Å². The predicted molar refractivity (Wildman–Crippen MR) is 82.2 cm³/mol. The molecule has 0 N–H and O–H groups in total. The summed E-state index contributed by atoms with van der Waals surface area (Å²) in [6.07, 6.45) is 2.64. The molecule has 21 heavy (non-hydrogen) atoms. The largest absolute Gasteiger partial charge is 0.467 e. The first kappa shape index (κ1) is 14.1. The van der Waals surface area contributed by atoms with Crippen LogP contribution in [-0.4, -0.2) is 39.9 Å². The molecule has 1 aliphatic rings. The molecule has 5 heteroatoms. The topological polar surface area (TPSA) is 43.2 Å². The van der Waals surface area contributed by atoms with E-state index in [1.807, 2.05) is 7.05 Å². The molecule has 0 radical (unpaired) electrons. The minimum absolute atomic E-state index is 0.479. The first-order valence-corrected chi connectivity index (χ1v) is 7.48. The van der Waals surface area contributed by atoms with Gasteiger partial charge in [0.05, 0.1) is 7.11 Å². The van der Waals surface area contributed by atoms with E-state index in [0.717, 1.165) is 5.56 Å². The second-order valence-electron chi connectivity index (χ2n) is 5.59. The zero-order chi connectivity index (χ0) is 14.8. The van der Waals surface area contributed by atoms with Gasteiger partial charge in [-0.1, -0.05) is 24.3 Å². The molecule has 1 saturated heterocycles. The van der Waals surface area contributed by atoms with Crippen LogP contribution in [0.25, 0.3) is 11.4 Å². The number of aryl methyl sites for hydroxylation is 1. The van der Waals surface area contributed by atoms with Crippen LogP contribution in [0.3, 0.4) is 0 Å². The Morgan fingerprint density at radius 1 is 1.14 bits per heavy atom. The van der Waals surface area contributed by atoms with Crippen LogP contribution in [0.2, 0.25) is 0 Å². The highest BCUT2D eigenvalue weighted by atomic mass is 16.5. The molecule has 112 valence electrons. The van der Waals surface area contributed by atoms with Gasteiger partial charge in [-0.25, -0.2) is 4.68 Å². The van der Waals surface area contributed by atoms with Gasteiger partial charge in [0, 0.05) is 18.7 Å². The molecule has 2 aromatic rings. The van der Waals surface area contributed by atoms with Crippen LogP contribution in [0, 0.1) is 0 Å². The van der Waals surface area contributed by atoms with Gasteiger partial charge in [-0.05, 0) is 38.4 Å². The number of hydrogen-bond acceptors (Lipinski definition) is 4. The zero-order valence-corrected chi connectivity index (χ0v) is 12.9. The van der Waals surface area contributed by atoms with Crippen LogP contribution >= 0.6 is 0 Å². The van der Waals surface area contributed by atoms with Gasteiger partial charge in [-0.3, -0.25) is 4.90 Å². The highest BCUT2D eigenvalue weighted by Gasteiger charge is 2.19. The number of benzene rings is 1. The fourth-order valence-corrected chi connectivity index (χ4v) is 2.92. The Hall–Kier alpha value is -1.88. The highest BCUT2D eigenvalue weighted by molar-refractivity contribution is 5.55. The molecular weight excluding hydrogens is 264 g/mol. The average molecular weight is 286 g/mol. The molecule has 0 saturated carbocycles. The molecule has 5 nitrogen and oxygen atoms in total. The lowest BCUT2D eigenvalue weighted by Crippen LogP contribution is -2.23. The van der Waals surface area contributed by atoms with E-state index in [2.05, 4.69) is 46.2 Å². The van der Waals surface area contributed by atoms with E-state index in [0.29, 0.717) is 17.9 Å². The van der Waals surface area contributed by atoms with Gasteiger partial charge >= 0.3 is 6.01 Å². The summed E-state index contributed by atoms with van der Waals surface area (Å²) in [5.41, 5.74) is 2.37. The summed E-state index contributed by atoms with van der Waals surface area (Å²) in [5.74, 6) is 0.703. The minimum atomic E-state index is 0.479. The molecule has 0 spiro atoms. The Labute approximate surface area is 125 Å². The molecule has 0 amide bonds. The van der Waals surface area contributed by atoms with Crippen molar-refractivity contribution in [3.63, 3.8) is 0 Å². The van der Waals surface area contributed by atoms with Crippen molar-refractivity contribution in [2.45, 2.75) is 25.8 Å². The Bertz CT molecular complexity index is 599. The lowest BCUT2D eigenvalue weighted by Gasteiger charge is -2.24. The summed E-state index contributed by atoms with van der Waals surface area (Å²) in [7, 11) is 3.44. The van der Waals surface area contributed by atoms with Crippen molar-refractivity contribution in [3.05, 3.63) is 29.8 Å². The number of rotatable bonds is 4. The maximum absolute atomic E-state index is 5.16. The predicted octanol–water partition coefficient (Wildman–Crippen LogP) is 2.65. The fraction of sp³-hybridized carbons (Fsp3) is 0.500. The highest BCUT2D eigenvalue weighted by Crippen LogP contribution is 2.26. The van der Waals surface area contributed by atoms with E-state index < -0.39 is 0 Å². The van der Waals surface area contributed by atoms with Crippen LogP contribution in [0.15, 0.2) is 24.3 Å². The van der Waals surface area contributed by atoms with Gasteiger partial charge < -0.3 is 4.74 Å². The van der Waals surface area contributed by atoms with E-state index >= 15 is 0 Å². The first-order valence-electron chi connectivity index (χ1n) is 7.48. The van der Waals surface area contributed by atoms with Crippen LogP contribution in [0.5, 0.6) is 6.01 Å². The van der Waals surface area contributed by atoms with Gasteiger partial charge in [0.2, 0.25) is 0 Å². The normalized spacial score (nSPS) is 17.1. The average Bonchev–Trinajstić information content (AvgIpc) is 3.16. The van der Waals surface area contributed by atoms with Gasteiger partial charge in [0.25, 0.3) is 0 Å². The van der Waals surface area contributed by atoms with Crippen LogP contribution < -0.4 is 4.74 Å². The summed E-state index contributed by atoms with van der Waals surface area (Å²) in [4.78, 5) is 6.91. The third kappa shape index (κ3) is 2.78. The quantitative estimate of drug-likeness (QED) is 0.866. The molecule has 1 aromatic carbocycles. The first-order chi connectivity index (χ1) is 10.2. The molecule has 1 fully saturated rings. The Kier molecular flexibility index (Phi) is 3.92. The molecule has 0 aliphatic carbocycles. The molecule has 2 heterocycles. The number of likely N-dealkylation sites (tertiary alicyclic amines) is 1. The Balaban J connectivity index is 1.79. The minimum Gasteiger partial charge on any atom is -0.467 e. The monoisotopic (exact) mass is 286 g/mol. The SMILES string of the molecule is COc1nc(-c2ccc([C@@H](C)N3CCCC3)cc2)nn1C. The second kappa shape index (κ2) is 5.85. The summed E-state index contributed by atoms with van der Waals surface area (Å²) in [5, 5.41) is 4.37. The molecular formula is C16H22N4O. The van der Waals surface area contributed by atoms with Crippen molar-refractivity contribution in [2.24, 2.45) is 7.05 Å². The van der Waals surface area contributed by atoms with Gasteiger partial charge in [-0.15, -0.1) is 5.10 Å². The van der Waals surface area contributed by atoms with E-state index in [4.69, 9.17) is 4.74 Å².